The van der Waals surface area contributed by atoms with Gasteiger partial charge in [0, 0.05) is 23.1 Å². The van der Waals surface area contributed by atoms with Gasteiger partial charge in [0.25, 0.3) is 0 Å². The van der Waals surface area contributed by atoms with Crippen molar-refractivity contribution in [3.8, 4) is 0 Å². The number of aliphatic hydroxyl groups is 1. The molecule has 1 saturated heterocycles. The van der Waals surface area contributed by atoms with Crippen LogP contribution in [0, 0.1) is 5.41 Å². The number of hydrogen-bond acceptors (Lipinski definition) is 2. The molecular formula is C19H26N2O. The second kappa shape index (κ2) is 5.10. The molecule has 3 atom stereocenters. The molecule has 0 amide bonds. The Kier molecular flexibility index (Phi) is 3.31. The van der Waals surface area contributed by atoms with E-state index in [9.17, 15) is 5.11 Å². The van der Waals surface area contributed by atoms with Crippen molar-refractivity contribution in [1.82, 2.24) is 9.88 Å². The SMILES string of the molecule is CC[C@@]1(C(C)O)CCN2CCc3c([nH]c4ccccc34)[C@@H]2C1. The molecule has 0 aliphatic carbocycles. The molecule has 2 aliphatic heterocycles. The van der Waals surface area contributed by atoms with E-state index < -0.39 is 0 Å². The Morgan fingerprint density at radius 3 is 2.95 bits per heavy atom. The number of aliphatic hydroxyl groups excluding tert-OH is 1. The Hall–Kier alpha value is -1.32. The van der Waals surface area contributed by atoms with E-state index in [1.807, 2.05) is 6.92 Å². The van der Waals surface area contributed by atoms with E-state index >= 15 is 0 Å². The summed E-state index contributed by atoms with van der Waals surface area (Å²) in [6.45, 7) is 6.47. The fraction of sp³-hybridized carbons (Fsp3) is 0.579. The monoisotopic (exact) mass is 298 g/mol. The molecule has 1 fully saturated rings. The van der Waals surface area contributed by atoms with Gasteiger partial charge in [-0.1, -0.05) is 25.1 Å². The number of fused-ring (bicyclic) bond motifs is 5. The first-order valence-corrected chi connectivity index (χ1v) is 8.66. The number of nitrogens with zero attached hydrogens (tertiary/aromatic N) is 1. The Balaban J connectivity index is 1.78. The number of benzene rings is 1. The summed E-state index contributed by atoms with van der Waals surface area (Å²) < 4.78 is 0. The molecule has 3 nitrogen and oxygen atoms in total. The van der Waals surface area contributed by atoms with Crippen molar-refractivity contribution in [3.63, 3.8) is 0 Å². The zero-order valence-corrected chi connectivity index (χ0v) is 13.6. The van der Waals surface area contributed by atoms with Crippen LogP contribution in [0.1, 0.15) is 50.4 Å². The number of aromatic amines is 1. The lowest BCUT2D eigenvalue weighted by atomic mass is 9.68. The van der Waals surface area contributed by atoms with Crippen molar-refractivity contribution in [2.45, 2.75) is 51.7 Å². The van der Waals surface area contributed by atoms with Gasteiger partial charge in [-0.2, -0.15) is 0 Å². The summed E-state index contributed by atoms with van der Waals surface area (Å²) in [6, 6.07) is 9.11. The molecule has 2 N–H and O–H groups in total. The normalized spacial score (nSPS) is 30.0. The van der Waals surface area contributed by atoms with Crippen LogP contribution in [0.15, 0.2) is 24.3 Å². The molecule has 3 heteroatoms. The largest absolute Gasteiger partial charge is 0.393 e. The summed E-state index contributed by atoms with van der Waals surface area (Å²) in [5.74, 6) is 0. The highest BCUT2D eigenvalue weighted by molar-refractivity contribution is 5.85. The molecule has 4 rings (SSSR count). The second-order valence-electron chi connectivity index (χ2n) is 7.21. The van der Waals surface area contributed by atoms with Crippen LogP contribution in [0.25, 0.3) is 10.9 Å². The fourth-order valence-electron chi connectivity index (χ4n) is 4.72. The highest BCUT2D eigenvalue weighted by atomic mass is 16.3. The Labute approximate surface area is 132 Å². The van der Waals surface area contributed by atoms with Gasteiger partial charge in [0.05, 0.1) is 12.1 Å². The molecule has 0 bridgehead atoms. The minimum absolute atomic E-state index is 0.0765. The van der Waals surface area contributed by atoms with Crippen LogP contribution in [-0.4, -0.2) is 34.2 Å². The first-order chi connectivity index (χ1) is 10.6. The maximum atomic E-state index is 10.4. The zero-order valence-electron chi connectivity index (χ0n) is 13.6. The molecule has 22 heavy (non-hydrogen) atoms. The summed E-state index contributed by atoms with van der Waals surface area (Å²) >= 11 is 0. The molecule has 118 valence electrons. The highest BCUT2D eigenvalue weighted by Crippen LogP contribution is 2.49. The number of aromatic nitrogens is 1. The van der Waals surface area contributed by atoms with Gasteiger partial charge >= 0.3 is 0 Å². The number of nitrogens with one attached hydrogen (secondary N) is 1. The van der Waals surface area contributed by atoms with Gasteiger partial charge in [0.1, 0.15) is 0 Å². The van der Waals surface area contributed by atoms with Crippen molar-refractivity contribution in [2.75, 3.05) is 13.1 Å². The molecule has 1 aromatic carbocycles. The minimum Gasteiger partial charge on any atom is -0.393 e. The van der Waals surface area contributed by atoms with Crippen molar-refractivity contribution in [3.05, 3.63) is 35.5 Å². The molecule has 2 aromatic rings. The minimum atomic E-state index is -0.227. The van der Waals surface area contributed by atoms with E-state index in [4.69, 9.17) is 0 Å². The van der Waals surface area contributed by atoms with Crippen LogP contribution >= 0.6 is 0 Å². The number of para-hydroxylation sites is 1. The Morgan fingerprint density at radius 2 is 2.18 bits per heavy atom. The lowest BCUT2D eigenvalue weighted by Crippen LogP contribution is -2.49. The van der Waals surface area contributed by atoms with Gasteiger partial charge in [-0.3, -0.25) is 4.90 Å². The summed E-state index contributed by atoms with van der Waals surface area (Å²) in [4.78, 5) is 6.31. The van der Waals surface area contributed by atoms with Crippen LogP contribution in [0.2, 0.25) is 0 Å². The van der Waals surface area contributed by atoms with Gasteiger partial charge in [0.15, 0.2) is 0 Å². The van der Waals surface area contributed by atoms with Crippen LogP contribution in [0.5, 0.6) is 0 Å². The lowest BCUT2D eigenvalue weighted by Gasteiger charge is -2.49. The number of hydrogen-bond donors (Lipinski definition) is 2. The first kappa shape index (κ1) is 14.3. The average Bonchev–Trinajstić information content (AvgIpc) is 2.93. The third-order valence-electron chi connectivity index (χ3n) is 6.36. The van der Waals surface area contributed by atoms with E-state index in [1.54, 1.807) is 0 Å². The van der Waals surface area contributed by atoms with E-state index in [1.165, 1.54) is 22.2 Å². The van der Waals surface area contributed by atoms with Crippen molar-refractivity contribution < 1.29 is 5.11 Å². The maximum Gasteiger partial charge on any atom is 0.0569 e. The van der Waals surface area contributed by atoms with Crippen LogP contribution in [-0.2, 0) is 6.42 Å². The topological polar surface area (TPSA) is 39.3 Å². The molecule has 2 aliphatic rings. The van der Waals surface area contributed by atoms with E-state index in [2.05, 4.69) is 41.1 Å². The first-order valence-electron chi connectivity index (χ1n) is 8.66. The fourth-order valence-corrected chi connectivity index (χ4v) is 4.72. The molecule has 1 unspecified atom stereocenters. The second-order valence-corrected chi connectivity index (χ2v) is 7.21. The van der Waals surface area contributed by atoms with E-state index in [-0.39, 0.29) is 11.5 Å². The predicted octanol–water partition coefficient (Wildman–Crippen LogP) is 3.64. The molecule has 0 saturated carbocycles. The van der Waals surface area contributed by atoms with Crippen LogP contribution in [0.4, 0.5) is 0 Å². The molecule has 3 heterocycles. The summed E-state index contributed by atoms with van der Waals surface area (Å²) in [5, 5.41) is 11.8. The van der Waals surface area contributed by atoms with Crippen molar-refractivity contribution >= 4 is 10.9 Å². The average molecular weight is 298 g/mol. The Bertz CT molecular complexity index is 690. The van der Waals surface area contributed by atoms with Gasteiger partial charge in [-0.05, 0) is 56.2 Å². The molecule has 0 spiro atoms. The summed E-state index contributed by atoms with van der Waals surface area (Å²) in [6.07, 6.45) is 4.16. The van der Waals surface area contributed by atoms with Gasteiger partial charge in [-0.15, -0.1) is 0 Å². The summed E-state index contributed by atoms with van der Waals surface area (Å²) in [7, 11) is 0. The van der Waals surface area contributed by atoms with Crippen LogP contribution < -0.4 is 0 Å². The van der Waals surface area contributed by atoms with Crippen molar-refractivity contribution in [2.24, 2.45) is 5.41 Å². The number of H-pyrrole nitrogens is 1. The zero-order chi connectivity index (χ0) is 15.3. The number of rotatable bonds is 2. The highest BCUT2D eigenvalue weighted by Gasteiger charge is 2.44. The van der Waals surface area contributed by atoms with Gasteiger partial charge < -0.3 is 10.1 Å². The van der Waals surface area contributed by atoms with E-state index in [0.717, 1.165) is 38.8 Å². The molecular weight excluding hydrogens is 272 g/mol. The van der Waals surface area contributed by atoms with Gasteiger partial charge in [-0.25, -0.2) is 0 Å². The Morgan fingerprint density at radius 1 is 1.36 bits per heavy atom. The van der Waals surface area contributed by atoms with Crippen molar-refractivity contribution in [1.29, 1.82) is 0 Å². The third-order valence-corrected chi connectivity index (χ3v) is 6.36. The molecule has 1 aromatic heterocycles. The lowest BCUT2D eigenvalue weighted by molar-refractivity contribution is -0.0446. The van der Waals surface area contributed by atoms with E-state index in [0.29, 0.717) is 6.04 Å². The predicted molar refractivity (Wildman–Crippen MR) is 90.0 cm³/mol. The maximum absolute atomic E-state index is 10.4. The molecule has 0 radical (unpaired) electrons. The smallest absolute Gasteiger partial charge is 0.0569 e. The standard InChI is InChI=1S/C19H26N2O/c1-3-19(13(2)22)9-11-21-10-8-15-14-6-4-5-7-16(14)20-18(15)17(21)12-19/h4-7,13,17,20,22H,3,8-12H2,1-2H3/t13?,17-,19+/m0/s1. The summed E-state index contributed by atoms with van der Waals surface area (Å²) in [5.41, 5.74) is 4.26. The van der Waals surface area contributed by atoms with Crippen LogP contribution in [0.3, 0.4) is 0 Å². The third kappa shape index (κ3) is 1.95. The quantitative estimate of drug-likeness (QED) is 0.888. The van der Waals surface area contributed by atoms with Gasteiger partial charge in [0.2, 0.25) is 0 Å². The number of piperidine rings is 1.